The highest BCUT2D eigenvalue weighted by Crippen LogP contribution is 2.31. The molecule has 0 aliphatic carbocycles. The lowest BCUT2D eigenvalue weighted by Gasteiger charge is -2.23. The summed E-state index contributed by atoms with van der Waals surface area (Å²) in [6.45, 7) is 4.97. The lowest BCUT2D eigenvalue weighted by atomic mass is 10.1. The third-order valence-corrected chi connectivity index (χ3v) is 3.93. The summed E-state index contributed by atoms with van der Waals surface area (Å²) in [5.41, 5.74) is 1.35. The largest absolute Gasteiger partial charge is 0.361 e. The fourth-order valence-corrected chi connectivity index (χ4v) is 2.95. The standard InChI is InChI=1S/C17H21N3O2/c1-12(2)10-13-11-15(19-22-13)17(21)20-9-5-7-16(20)14-6-3-4-8-18-14/h3-4,6,8,11-12,16H,5,7,9-10H2,1-2H3/t16-/m0/s1. The summed E-state index contributed by atoms with van der Waals surface area (Å²) in [6, 6.07) is 7.64. The van der Waals surface area contributed by atoms with Crippen LogP contribution in [0.5, 0.6) is 0 Å². The quantitative estimate of drug-likeness (QED) is 0.869. The van der Waals surface area contributed by atoms with Crippen molar-refractivity contribution in [1.29, 1.82) is 0 Å². The Morgan fingerprint density at radius 2 is 2.32 bits per heavy atom. The summed E-state index contributed by atoms with van der Waals surface area (Å²) < 4.78 is 5.28. The number of pyridine rings is 1. The number of carbonyl (C=O) groups excluding carboxylic acids is 1. The van der Waals surface area contributed by atoms with Gasteiger partial charge in [0.15, 0.2) is 5.69 Å². The van der Waals surface area contributed by atoms with E-state index in [1.54, 1.807) is 12.3 Å². The summed E-state index contributed by atoms with van der Waals surface area (Å²) >= 11 is 0. The Morgan fingerprint density at radius 1 is 1.45 bits per heavy atom. The first-order valence-corrected chi connectivity index (χ1v) is 7.82. The molecule has 1 aliphatic rings. The first kappa shape index (κ1) is 14.8. The number of rotatable bonds is 4. The smallest absolute Gasteiger partial charge is 0.276 e. The van der Waals surface area contributed by atoms with Crippen LogP contribution in [0.1, 0.15) is 54.7 Å². The number of carbonyl (C=O) groups is 1. The van der Waals surface area contributed by atoms with Gasteiger partial charge < -0.3 is 9.42 Å². The van der Waals surface area contributed by atoms with E-state index in [0.717, 1.165) is 37.3 Å². The minimum atomic E-state index is -0.0630. The van der Waals surface area contributed by atoms with Gasteiger partial charge in [0.05, 0.1) is 11.7 Å². The Hall–Kier alpha value is -2.17. The number of likely N-dealkylation sites (tertiary alicyclic amines) is 1. The zero-order valence-electron chi connectivity index (χ0n) is 13.0. The van der Waals surface area contributed by atoms with Gasteiger partial charge in [-0.2, -0.15) is 0 Å². The molecular weight excluding hydrogens is 278 g/mol. The summed E-state index contributed by atoms with van der Waals surface area (Å²) in [6.07, 6.45) is 4.50. The second-order valence-electron chi connectivity index (χ2n) is 6.19. The molecule has 0 saturated carbocycles. The fraction of sp³-hybridized carbons (Fsp3) is 0.471. The van der Waals surface area contributed by atoms with E-state index < -0.39 is 0 Å². The molecule has 0 spiro atoms. The van der Waals surface area contributed by atoms with Gasteiger partial charge in [-0.1, -0.05) is 25.1 Å². The minimum absolute atomic E-state index is 0.0407. The van der Waals surface area contributed by atoms with Crippen LogP contribution >= 0.6 is 0 Å². The summed E-state index contributed by atoms with van der Waals surface area (Å²) in [5, 5.41) is 3.96. The van der Waals surface area contributed by atoms with Gasteiger partial charge in [0, 0.05) is 25.2 Å². The molecule has 2 aromatic rings. The van der Waals surface area contributed by atoms with Crippen LogP contribution < -0.4 is 0 Å². The molecule has 1 aliphatic heterocycles. The monoisotopic (exact) mass is 299 g/mol. The fourth-order valence-electron chi connectivity index (χ4n) is 2.95. The molecule has 116 valence electrons. The molecule has 0 aromatic carbocycles. The van der Waals surface area contributed by atoms with Crippen molar-refractivity contribution >= 4 is 5.91 Å². The molecule has 1 fully saturated rings. The normalized spacial score (nSPS) is 18.1. The highest BCUT2D eigenvalue weighted by molar-refractivity contribution is 5.92. The molecule has 1 atom stereocenters. The molecule has 1 amide bonds. The predicted molar refractivity (Wildman–Crippen MR) is 82.3 cm³/mol. The lowest BCUT2D eigenvalue weighted by Crippen LogP contribution is -2.31. The molecule has 5 heteroatoms. The topological polar surface area (TPSA) is 59.2 Å². The molecule has 5 nitrogen and oxygen atoms in total. The van der Waals surface area contributed by atoms with Crippen LogP contribution in [-0.2, 0) is 6.42 Å². The lowest BCUT2D eigenvalue weighted by molar-refractivity contribution is 0.0722. The van der Waals surface area contributed by atoms with E-state index in [9.17, 15) is 4.79 Å². The SMILES string of the molecule is CC(C)Cc1cc(C(=O)N2CCC[C@H]2c2ccccn2)no1. The van der Waals surface area contributed by atoms with E-state index in [4.69, 9.17) is 4.52 Å². The molecule has 0 bridgehead atoms. The van der Waals surface area contributed by atoms with E-state index >= 15 is 0 Å². The molecule has 1 saturated heterocycles. The number of amides is 1. The first-order chi connectivity index (χ1) is 10.6. The zero-order chi connectivity index (χ0) is 15.5. The molecule has 22 heavy (non-hydrogen) atoms. The highest BCUT2D eigenvalue weighted by Gasteiger charge is 2.32. The Balaban J connectivity index is 1.77. The minimum Gasteiger partial charge on any atom is -0.361 e. The number of aromatic nitrogens is 2. The van der Waals surface area contributed by atoms with E-state index in [2.05, 4.69) is 24.0 Å². The third kappa shape index (κ3) is 3.03. The Bertz CT molecular complexity index is 636. The zero-order valence-corrected chi connectivity index (χ0v) is 13.0. The summed E-state index contributed by atoms with van der Waals surface area (Å²) in [4.78, 5) is 19.0. The third-order valence-electron chi connectivity index (χ3n) is 3.93. The highest BCUT2D eigenvalue weighted by atomic mass is 16.5. The second-order valence-corrected chi connectivity index (χ2v) is 6.19. The van der Waals surface area contributed by atoms with Gasteiger partial charge in [-0.15, -0.1) is 0 Å². The van der Waals surface area contributed by atoms with Gasteiger partial charge in [-0.25, -0.2) is 0 Å². The molecule has 0 radical (unpaired) electrons. The van der Waals surface area contributed by atoms with Crippen molar-refractivity contribution < 1.29 is 9.32 Å². The number of hydrogen-bond donors (Lipinski definition) is 0. The maximum Gasteiger partial charge on any atom is 0.276 e. The van der Waals surface area contributed by atoms with Crippen LogP contribution in [0.4, 0.5) is 0 Å². The maximum absolute atomic E-state index is 12.7. The van der Waals surface area contributed by atoms with Gasteiger partial charge in [0.2, 0.25) is 0 Å². The van der Waals surface area contributed by atoms with Crippen LogP contribution in [-0.4, -0.2) is 27.5 Å². The van der Waals surface area contributed by atoms with Gasteiger partial charge in [0.1, 0.15) is 5.76 Å². The second kappa shape index (κ2) is 6.30. The number of hydrogen-bond acceptors (Lipinski definition) is 4. The Labute approximate surface area is 130 Å². The van der Waals surface area contributed by atoms with E-state index in [1.165, 1.54) is 0 Å². The predicted octanol–water partition coefficient (Wildman–Crippen LogP) is 3.25. The molecule has 3 heterocycles. The average molecular weight is 299 g/mol. The van der Waals surface area contributed by atoms with Gasteiger partial charge in [0.25, 0.3) is 5.91 Å². The van der Waals surface area contributed by atoms with E-state index in [0.29, 0.717) is 11.6 Å². The Kier molecular flexibility index (Phi) is 4.22. The van der Waals surface area contributed by atoms with Crippen molar-refractivity contribution in [2.75, 3.05) is 6.54 Å². The van der Waals surface area contributed by atoms with E-state index in [1.807, 2.05) is 23.1 Å². The molecule has 0 unspecified atom stereocenters. The Morgan fingerprint density at radius 3 is 3.05 bits per heavy atom. The van der Waals surface area contributed by atoms with Crippen molar-refractivity contribution in [2.24, 2.45) is 5.92 Å². The molecular formula is C17H21N3O2. The first-order valence-electron chi connectivity index (χ1n) is 7.82. The van der Waals surface area contributed by atoms with Gasteiger partial charge in [-0.05, 0) is 30.9 Å². The van der Waals surface area contributed by atoms with Crippen LogP contribution in [0.2, 0.25) is 0 Å². The van der Waals surface area contributed by atoms with Crippen LogP contribution in [0.25, 0.3) is 0 Å². The average Bonchev–Trinajstić information content (AvgIpc) is 3.16. The summed E-state index contributed by atoms with van der Waals surface area (Å²) in [5.74, 6) is 1.18. The van der Waals surface area contributed by atoms with Crippen LogP contribution in [0, 0.1) is 5.92 Å². The van der Waals surface area contributed by atoms with E-state index in [-0.39, 0.29) is 11.9 Å². The van der Waals surface area contributed by atoms with Crippen molar-refractivity contribution in [3.05, 3.63) is 47.6 Å². The van der Waals surface area contributed by atoms with Crippen molar-refractivity contribution in [3.63, 3.8) is 0 Å². The van der Waals surface area contributed by atoms with Crippen molar-refractivity contribution in [1.82, 2.24) is 15.0 Å². The molecule has 3 rings (SSSR count). The molecule has 0 N–H and O–H groups in total. The molecule has 2 aromatic heterocycles. The van der Waals surface area contributed by atoms with Gasteiger partial charge in [-0.3, -0.25) is 9.78 Å². The van der Waals surface area contributed by atoms with Crippen molar-refractivity contribution in [3.8, 4) is 0 Å². The van der Waals surface area contributed by atoms with Crippen LogP contribution in [0.15, 0.2) is 35.0 Å². The summed E-state index contributed by atoms with van der Waals surface area (Å²) in [7, 11) is 0. The maximum atomic E-state index is 12.7. The van der Waals surface area contributed by atoms with Crippen molar-refractivity contribution in [2.45, 2.75) is 39.2 Å². The van der Waals surface area contributed by atoms with Crippen LogP contribution in [0.3, 0.4) is 0 Å². The number of nitrogens with zero attached hydrogens (tertiary/aromatic N) is 3. The van der Waals surface area contributed by atoms with Gasteiger partial charge >= 0.3 is 0 Å².